The number of hydrogen-bond donors (Lipinski definition) is 2. The Morgan fingerprint density at radius 1 is 1.37 bits per heavy atom. The molecule has 19 heavy (non-hydrogen) atoms. The number of nitrogens with one attached hydrogen (secondary N) is 2. The van der Waals surface area contributed by atoms with E-state index in [1.165, 1.54) is 7.05 Å². The van der Waals surface area contributed by atoms with Crippen molar-refractivity contribution < 1.29 is 8.42 Å². The van der Waals surface area contributed by atoms with Gasteiger partial charge in [0, 0.05) is 24.4 Å². The van der Waals surface area contributed by atoms with Crippen LogP contribution in [0, 0.1) is 5.92 Å². The number of nitrogens with zero attached hydrogens (tertiary/aromatic N) is 1. The molecule has 1 aliphatic heterocycles. The highest BCUT2D eigenvalue weighted by Crippen LogP contribution is 2.27. The summed E-state index contributed by atoms with van der Waals surface area (Å²) in [5.41, 5.74) is 0.966. The van der Waals surface area contributed by atoms with E-state index in [4.69, 9.17) is 0 Å². The summed E-state index contributed by atoms with van der Waals surface area (Å²) in [4.78, 5) is 4.31. The van der Waals surface area contributed by atoms with Gasteiger partial charge in [0.15, 0.2) is 0 Å². The Balaban J connectivity index is 0.00000162. The molecule has 0 saturated carbocycles. The number of hydrogen-bond acceptors (Lipinski definition) is 4. The minimum absolute atomic E-state index is 0. The van der Waals surface area contributed by atoms with Gasteiger partial charge >= 0.3 is 0 Å². The van der Waals surface area contributed by atoms with Crippen molar-refractivity contribution >= 4 is 34.8 Å². The molecule has 2 heterocycles. The molecule has 0 radical (unpaired) electrons. The lowest BCUT2D eigenvalue weighted by atomic mass is 9.94. The first-order chi connectivity index (χ1) is 8.12. The van der Waals surface area contributed by atoms with E-state index in [2.05, 4.69) is 15.0 Å². The van der Waals surface area contributed by atoms with Crippen molar-refractivity contribution in [3.05, 3.63) is 30.1 Å². The molecular weight excluding hydrogens is 309 g/mol. The van der Waals surface area contributed by atoms with Crippen LogP contribution in [-0.4, -0.2) is 39.3 Å². The molecule has 0 bridgehead atoms. The smallest absolute Gasteiger partial charge is 0.211 e. The Bertz CT molecular complexity index is 470. The largest absolute Gasteiger partial charge is 0.316 e. The van der Waals surface area contributed by atoms with E-state index in [1.54, 1.807) is 6.20 Å². The Kier molecular flexibility index (Phi) is 7.85. The average Bonchev–Trinajstić information content (AvgIpc) is 2.77. The lowest BCUT2D eigenvalue weighted by Crippen LogP contribution is -2.29. The van der Waals surface area contributed by atoms with Gasteiger partial charge in [-0.2, -0.15) is 0 Å². The third kappa shape index (κ3) is 4.89. The molecule has 2 unspecified atom stereocenters. The number of pyridine rings is 1. The Labute approximate surface area is 126 Å². The van der Waals surface area contributed by atoms with Crippen molar-refractivity contribution in [3.8, 4) is 0 Å². The first-order valence-corrected chi connectivity index (χ1v) is 7.30. The minimum Gasteiger partial charge on any atom is -0.316 e. The Hall–Kier alpha value is -0.400. The molecule has 0 aliphatic carbocycles. The van der Waals surface area contributed by atoms with Crippen molar-refractivity contribution in [2.45, 2.75) is 5.92 Å². The van der Waals surface area contributed by atoms with E-state index in [0.717, 1.165) is 18.8 Å². The summed E-state index contributed by atoms with van der Waals surface area (Å²) in [6, 6.07) is 5.76. The van der Waals surface area contributed by atoms with Gasteiger partial charge in [0.2, 0.25) is 10.0 Å². The van der Waals surface area contributed by atoms with Gasteiger partial charge in [-0.05, 0) is 31.6 Å². The van der Waals surface area contributed by atoms with Crippen LogP contribution in [0.1, 0.15) is 11.6 Å². The zero-order valence-electron chi connectivity index (χ0n) is 10.6. The maximum Gasteiger partial charge on any atom is 0.211 e. The quantitative estimate of drug-likeness (QED) is 0.857. The highest BCUT2D eigenvalue weighted by molar-refractivity contribution is 7.89. The normalized spacial score (nSPS) is 22.4. The molecule has 1 aliphatic rings. The lowest BCUT2D eigenvalue weighted by Gasteiger charge is -2.17. The van der Waals surface area contributed by atoms with Gasteiger partial charge < -0.3 is 5.32 Å². The average molecular weight is 328 g/mol. The van der Waals surface area contributed by atoms with Gasteiger partial charge in [0.05, 0.1) is 5.75 Å². The van der Waals surface area contributed by atoms with Gasteiger partial charge in [-0.3, -0.25) is 4.98 Å². The van der Waals surface area contributed by atoms with E-state index < -0.39 is 10.0 Å². The zero-order chi connectivity index (χ0) is 12.3. The number of aromatic nitrogens is 1. The second kappa shape index (κ2) is 8.01. The molecule has 0 amide bonds. The van der Waals surface area contributed by atoms with Crippen LogP contribution >= 0.6 is 24.8 Å². The monoisotopic (exact) mass is 327 g/mol. The van der Waals surface area contributed by atoms with Crippen molar-refractivity contribution in [3.63, 3.8) is 0 Å². The second-order valence-corrected chi connectivity index (χ2v) is 6.24. The summed E-state index contributed by atoms with van der Waals surface area (Å²) in [5, 5.41) is 3.24. The van der Waals surface area contributed by atoms with Gasteiger partial charge in [0.1, 0.15) is 0 Å². The van der Waals surface area contributed by atoms with Crippen LogP contribution in [0.15, 0.2) is 24.4 Å². The highest BCUT2D eigenvalue weighted by atomic mass is 35.5. The Morgan fingerprint density at radius 3 is 2.68 bits per heavy atom. The highest BCUT2D eigenvalue weighted by Gasteiger charge is 2.32. The maximum atomic E-state index is 11.6. The summed E-state index contributed by atoms with van der Waals surface area (Å²) < 4.78 is 25.5. The molecule has 110 valence electrons. The topological polar surface area (TPSA) is 71.1 Å². The predicted octanol–water partition coefficient (Wildman–Crippen LogP) is 0.777. The molecule has 2 N–H and O–H groups in total. The molecule has 2 rings (SSSR count). The molecule has 2 atom stereocenters. The van der Waals surface area contributed by atoms with Crippen LogP contribution in [0.3, 0.4) is 0 Å². The molecule has 5 nitrogen and oxygen atoms in total. The van der Waals surface area contributed by atoms with Crippen LogP contribution in [-0.2, 0) is 10.0 Å². The van der Waals surface area contributed by atoms with Gasteiger partial charge in [-0.1, -0.05) is 6.07 Å². The second-order valence-electron chi connectivity index (χ2n) is 4.26. The molecule has 8 heteroatoms. The fraction of sp³-hybridized carbons (Fsp3) is 0.545. The number of halogens is 2. The molecular formula is C11H19Cl2N3O2S. The summed E-state index contributed by atoms with van der Waals surface area (Å²) in [7, 11) is -1.71. The molecule has 1 aromatic heterocycles. The summed E-state index contributed by atoms with van der Waals surface area (Å²) in [6.45, 7) is 1.52. The zero-order valence-corrected chi connectivity index (χ0v) is 13.0. The van der Waals surface area contributed by atoms with E-state index in [9.17, 15) is 8.42 Å². The van der Waals surface area contributed by atoms with E-state index in [0.29, 0.717) is 0 Å². The van der Waals surface area contributed by atoms with E-state index in [-0.39, 0.29) is 42.4 Å². The molecule has 1 saturated heterocycles. The maximum absolute atomic E-state index is 11.6. The standard InChI is InChI=1S/C11H17N3O2S.2ClH/c1-12-17(15,16)8-9-6-13-7-10(9)11-4-2-3-5-14-11;;/h2-5,9-10,12-13H,6-8H2,1H3;2*1H. The predicted molar refractivity (Wildman–Crippen MR) is 80.7 cm³/mol. The minimum atomic E-state index is -3.16. The van der Waals surface area contributed by atoms with Crippen molar-refractivity contribution in [2.75, 3.05) is 25.9 Å². The third-order valence-electron chi connectivity index (χ3n) is 3.15. The van der Waals surface area contributed by atoms with Gasteiger partial charge in [0.25, 0.3) is 0 Å². The van der Waals surface area contributed by atoms with Gasteiger partial charge in [-0.25, -0.2) is 13.1 Å². The van der Waals surface area contributed by atoms with Crippen LogP contribution < -0.4 is 10.0 Å². The molecule has 0 spiro atoms. The first kappa shape index (κ1) is 18.6. The molecule has 1 fully saturated rings. The molecule has 1 aromatic rings. The number of sulfonamides is 1. The van der Waals surface area contributed by atoms with Crippen LogP contribution in [0.5, 0.6) is 0 Å². The Morgan fingerprint density at radius 2 is 2.11 bits per heavy atom. The summed E-state index contributed by atoms with van der Waals surface area (Å²) in [6.07, 6.45) is 1.75. The van der Waals surface area contributed by atoms with Gasteiger partial charge in [-0.15, -0.1) is 24.8 Å². The van der Waals surface area contributed by atoms with Crippen molar-refractivity contribution in [1.29, 1.82) is 0 Å². The fourth-order valence-electron chi connectivity index (χ4n) is 2.21. The van der Waals surface area contributed by atoms with Crippen LogP contribution in [0.25, 0.3) is 0 Å². The summed E-state index contributed by atoms with van der Waals surface area (Å²) in [5.74, 6) is 0.416. The SMILES string of the molecule is CNS(=O)(=O)CC1CNCC1c1ccccn1.Cl.Cl. The lowest BCUT2D eigenvalue weighted by molar-refractivity contribution is 0.531. The van der Waals surface area contributed by atoms with Crippen LogP contribution in [0.4, 0.5) is 0 Å². The molecule has 0 aromatic carbocycles. The third-order valence-corrected chi connectivity index (χ3v) is 4.64. The summed E-state index contributed by atoms with van der Waals surface area (Å²) >= 11 is 0. The van der Waals surface area contributed by atoms with Crippen molar-refractivity contribution in [1.82, 2.24) is 15.0 Å². The van der Waals surface area contributed by atoms with E-state index >= 15 is 0 Å². The fourth-order valence-corrected chi connectivity index (χ4v) is 3.30. The first-order valence-electron chi connectivity index (χ1n) is 5.65. The van der Waals surface area contributed by atoms with E-state index in [1.807, 2.05) is 18.2 Å². The number of rotatable bonds is 4. The van der Waals surface area contributed by atoms with Crippen LogP contribution in [0.2, 0.25) is 0 Å². The van der Waals surface area contributed by atoms with Crippen molar-refractivity contribution in [2.24, 2.45) is 5.92 Å².